The molecule has 1 aliphatic carbocycles. The zero-order valence-electron chi connectivity index (χ0n) is 31.1. The smallest absolute Gasteiger partial charge is 0.305 e. The van der Waals surface area contributed by atoms with E-state index in [4.69, 9.17) is 35.2 Å². The summed E-state index contributed by atoms with van der Waals surface area (Å²) in [5.74, 6) is -1.37. The number of nitrogens with two attached hydrogens (primary N) is 2. The van der Waals surface area contributed by atoms with Crippen molar-refractivity contribution in [3.8, 4) is 5.75 Å². The Morgan fingerprint density at radius 1 is 0.849 bits per heavy atom. The molecule has 0 heterocycles. The molecule has 2 aromatic carbocycles. The van der Waals surface area contributed by atoms with Crippen LogP contribution in [0.2, 0.25) is 0 Å². The molecule has 2 unspecified atom stereocenters. The molecule has 0 bridgehead atoms. The number of guanidine groups is 1. The first-order valence-electron chi connectivity index (χ1n) is 18.4. The van der Waals surface area contributed by atoms with Gasteiger partial charge in [0.25, 0.3) is 0 Å². The number of aliphatic carboxylic acids is 1. The van der Waals surface area contributed by atoms with Gasteiger partial charge in [-0.1, -0.05) is 62.4 Å². The Kier molecular flexibility index (Phi) is 20.0. The van der Waals surface area contributed by atoms with Crippen molar-refractivity contribution < 1.29 is 43.2 Å². The molecule has 0 saturated heterocycles. The number of allylic oxidation sites excluding steroid dienone is 3. The van der Waals surface area contributed by atoms with Gasteiger partial charge < -0.3 is 50.9 Å². The summed E-state index contributed by atoms with van der Waals surface area (Å²) < 4.78 is 28.2. The number of carboxylic acid groups (broad SMARTS) is 1. The number of hydrogen-bond donors (Lipinski definition) is 5. The second-order valence-electron chi connectivity index (χ2n) is 12.7. The summed E-state index contributed by atoms with van der Waals surface area (Å²) in [6, 6.07) is 11.3. The highest BCUT2D eigenvalue weighted by Crippen LogP contribution is 2.37. The normalized spacial score (nSPS) is 15.8. The topological polar surface area (TPSA) is 206 Å². The molecular weight excluding hydrogens is 682 g/mol. The van der Waals surface area contributed by atoms with E-state index < -0.39 is 17.9 Å². The first-order valence-corrected chi connectivity index (χ1v) is 18.4. The second kappa shape index (κ2) is 24.7. The number of nitrogens with zero attached hydrogens (tertiary/aromatic N) is 1. The van der Waals surface area contributed by atoms with Gasteiger partial charge in [-0.15, -0.1) is 0 Å². The van der Waals surface area contributed by atoms with Gasteiger partial charge in [-0.3, -0.25) is 19.4 Å². The average Bonchev–Trinajstić information content (AvgIpc) is 3.13. The maximum Gasteiger partial charge on any atom is 0.305 e. The van der Waals surface area contributed by atoms with Crippen molar-refractivity contribution in [3.63, 3.8) is 0 Å². The van der Waals surface area contributed by atoms with Crippen molar-refractivity contribution in [1.82, 2.24) is 10.6 Å². The molecule has 3 atom stereocenters. The van der Waals surface area contributed by atoms with Gasteiger partial charge in [0, 0.05) is 36.9 Å². The van der Waals surface area contributed by atoms with E-state index in [2.05, 4.69) is 28.6 Å². The van der Waals surface area contributed by atoms with Crippen molar-refractivity contribution in [2.24, 2.45) is 28.3 Å². The third-order valence-corrected chi connectivity index (χ3v) is 8.45. The highest BCUT2D eigenvalue weighted by molar-refractivity contribution is 5.99. The molecule has 0 fully saturated rings. The number of carbonyl (C=O) groups is 3. The monoisotopic (exact) mass is 739 g/mol. The summed E-state index contributed by atoms with van der Waals surface area (Å²) in [5.41, 5.74) is 12.6. The lowest BCUT2D eigenvalue weighted by molar-refractivity contribution is -0.138. The molecule has 14 nitrogen and oxygen atoms in total. The number of ether oxygens (including phenoxy) is 5. The molecule has 0 aliphatic heterocycles. The zero-order chi connectivity index (χ0) is 38.3. The molecular formula is C39H57N5O9. The summed E-state index contributed by atoms with van der Waals surface area (Å²) in [4.78, 5) is 40.6. The number of rotatable bonds is 27. The van der Waals surface area contributed by atoms with Crippen molar-refractivity contribution >= 4 is 40.1 Å². The number of carboxylic acids is 1. The Hall–Kier alpha value is -4.50. The lowest BCUT2D eigenvalue weighted by Crippen LogP contribution is -2.47. The van der Waals surface area contributed by atoms with Crippen LogP contribution in [0.3, 0.4) is 0 Å². The van der Waals surface area contributed by atoms with E-state index in [-0.39, 0.29) is 43.1 Å². The summed E-state index contributed by atoms with van der Waals surface area (Å²) >= 11 is 0. The molecule has 14 heteroatoms. The van der Waals surface area contributed by atoms with Crippen LogP contribution in [-0.4, -0.2) is 107 Å². The quantitative estimate of drug-likeness (QED) is 0.0510. The molecule has 2 amide bonds. The van der Waals surface area contributed by atoms with Gasteiger partial charge in [-0.05, 0) is 47.8 Å². The van der Waals surface area contributed by atoms with Gasteiger partial charge >= 0.3 is 5.97 Å². The molecule has 0 spiro atoms. The average molecular weight is 740 g/mol. The van der Waals surface area contributed by atoms with Crippen molar-refractivity contribution in [2.45, 2.75) is 52.0 Å². The Morgan fingerprint density at radius 2 is 1.49 bits per heavy atom. The molecule has 3 rings (SSSR count). The minimum atomic E-state index is -1.03. The van der Waals surface area contributed by atoms with Crippen molar-refractivity contribution in [1.29, 1.82) is 0 Å². The molecule has 0 aromatic heterocycles. The number of amides is 2. The van der Waals surface area contributed by atoms with E-state index in [1.54, 1.807) is 0 Å². The first-order chi connectivity index (χ1) is 25.7. The van der Waals surface area contributed by atoms with Crippen LogP contribution in [0.25, 0.3) is 16.3 Å². The van der Waals surface area contributed by atoms with E-state index >= 15 is 0 Å². The molecule has 0 radical (unpaired) electrons. The van der Waals surface area contributed by atoms with E-state index in [1.165, 1.54) is 0 Å². The standard InChI is InChI=1S/C39H57N5O9/c1-3-16-49-17-18-50-19-20-51-21-22-52-23-24-53-35-14-13-31(32-8-4-5-9-33(32)35)29-11-12-30(28(2)25-29)34(26-38(47)48)44-37(46)27-43-36(45)10-6-7-15-42-39(40)41/h4-5,8-9,11-14,25,28,30,34H,3,6-7,10,15-24,26-27H2,1-2H3,(H,43,45)(H,44,46)(H,47,48)(H4,40,41,42)/t28?,30?,34-/m0/s1. The van der Waals surface area contributed by atoms with Crippen LogP contribution < -0.4 is 26.8 Å². The Bertz CT molecular complexity index is 1530. The fourth-order valence-corrected chi connectivity index (χ4v) is 5.89. The van der Waals surface area contributed by atoms with Crippen LogP contribution in [0, 0.1) is 11.8 Å². The Morgan fingerprint density at radius 3 is 2.11 bits per heavy atom. The highest BCUT2D eigenvalue weighted by Gasteiger charge is 2.30. The maximum atomic E-state index is 12.8. The summed E-state index contributed by atoms with van der Waals surface area (Å²) in [6.07, 6.45) is 8.19. The van der Waals surface area contributed by atoms with Crippen LogP contribution >= 0.6 is 0 Å². The molecule has 1 aliphatic rings. The minimum absolute atomic E-state index is 0.00257. The number of nitrogens with one attached hydrogen (secondary N) is 2. The molecule has 0 saturated carbocycles. The van der Waals surface area contributed by atoms with Crippen LogP contribution in [0.5, 0.6) is 5.75 Å². The van der Waals surface area contributed by atoms with E-state index in [9.17, 15) is 19.5 Å². The van der Waals surface area contributed by atoms with E-state index in [0.29, 0.717) is 72.2 Å². The number of hydrogen-bond acceptors (Lipinski definition) is 9. The summed E-state index contributed by atoms with van der Waals surface area (Å²) in [7, 11) is 0. The number of fused-ring (bicyclic) bond motifs is 1. The first kappa shape index (κ1) is 42.9. The lowest BCUT2D eigenvalue weighted by Gasteiger charge is -2.31. The second-order valence-corrected chi connectivity index (χ2v) is 12.7. The maximum absolute atomic E-state index is 12.8. The lowest BCUT2D eigenvalue weighted by atomic mass is 9.79. The van der Waals surface area contributed by atoms with E-state index in [1.807, 2.05) is 55.5 Å². The predicted molar refractivity (Wildman–Crippen MR) is 205 cm³/mol. The van der Waals surface area contributed by atoms with Gasteiger partial charge in [-0.2, -0.15) is 0 Å². The molecule has 7 N–H and O–H groups in total. The third-order valence-electron chi connectivity index (χ3n) is 8.45. The molecule has 2 aromatic rings. The summed E-state index contributed by atoms with van der Waals surface area (Å²) in [5, 5.41) is 17.1. The van der Waals surface area contributed by atoms with E-state index in [0.717, 1.165) is 40.7 Å². The van der Waals surface area contributed by atoms with Crippen LogP contribution in [-0.2, 0) is 33.3 Å². The third kappa shape index (κ3) is 16.4. The predicted octanol–water partition coefficient (Wildman–Crippen LogP) is 3.42. The fraction of sp³-hybridized carbons (Fsp3) is 0.538. The van der Waals surface area contributed by atoms with Crippen molar-refractivity contribution in [3.05, 3.63) is 60.2 Å². The number of benzene rings is 2. The SMILES string of the molecule is CCCOCCOCCOCCOCCOc1ccc(C2=CC(C)C([C@H](CC(=O)O)NC(=O)CNC(=O)CCCCN=C(N)N)C=C2)c2ccccc12. The van der Waals surface area contributed by atoms with Crippen LogP contribution in [0.1, 0.15) is 51.5 Å². The Labute approximate surface area is 312 Å². The van der Waals surface area contributed by atoms with Gasteiger partial charge in [0.1, 0.15) is 12.4 Å². The fourth-order valence-electron chi connectivity index (χ4n) is 5.89. The van der Waals surface area contributed by atoms with Crippen LogP contribution in [0.4, 0.5) is 0 Å². The summed E-state index contributed by atoms with van der Waals surface area (Å²) in [6.45, 7) is 8.91. The Balaban J connectivity index is 1.48. The highest BCUT2D eigenvalue weighted by atomic mass is 16.6. The van der Waals surface area contributed by atoms with Gasteiger partial charge in [-0.25, -0.2) is 0 Å². The van der Waals surface area contributed by atoms with Crippen molar-refractivity contribution in [2.75, 3.05) is 72.6 Å². The van der Waals surface area contributed by atoms with Gasteiger partial charge in [0.15, 0.2) is 5.96 Å². The van der Waals surface area contributed by atoms with Gasteiger partial charge in [0.05, 0.1) is 59.2 Å². The number of aliphatic imine (C=N–C) groups is 1. The molecule has 292 valence electrons. The number of unbranched alkanes of at least 4 members (excludes halogenated alkanes) is 1. The largest absolute Gasteiger partial charge is 0.491 e. The minimum Gasteiger partial charge on any atom is -0.491 e. The van der Waals surface area contributed by atoms with Gasteiger partial charge in [0.2, 0.25) is 11.8 Å². The zero-order valence-corrected chi connectivity index (χ0v) is 31.1. The van der Waals surface area contributed by atoms with Crippen LogP contribution in [0.15, 0.2) is 59.6 Å². The molecule has 53 heavy (non-hydrogen) atoms. The number of carbonyl (C=O) groups excluding carboxylic acids is 2.